The molecule has 0 spiro atoms. The fraction of sp³-hybridized carbons (Fsp3) is 0.538. The molecule has 2 aliphatic heterocycles. The smallest absolute Gasteiger partial charge is 0.240 e. The third-order valence-electron chi connectivity index (χ3n) is 3.92. The number of sulfonamides is 1. The number of nitrogens with one attached hydrogen (secondary N) is 2. The second kappa shape index (κ2) is 5.97. The van der Waals surface area contributed by atoms with Gasteiger partial charge in [0.25, 0.3) is 0 Å². The van der Waals surface area contributed by atoms with Crippen LogP contribution in [-0.4, -0.2) is 26.5 Å². The number of piperidine rings is 1. The number of hydrogen-bond acceptors (Lipinski definition) is 3. The summed E-state index contributed by atoms with van der Waals surface area (Å²) in [6, 6.07) is 5.77. The average Bonchev–Trinajstić information content (AvgIpc) is 2.69. The Hall–Kier alpha value is -0.690. The van der Waals surface area contributed by atoms with Crippen LogP contribution >= 0.6 is 12.4 Å². The number of hydrogen-bond donors (Lipinski definition) is 2. The van der Waals surface area contributed by atoms with E-state index < -0.39 is 15.8 Å². The molecule has 4 nitrogen and oxygen atoms in total. The van der Waals surface area contributed by atoms with Gasteiger partial charge in [0.05, 0.1) is 4.90 Å². The molecule has 2 atom stereocenters. The molecule has 2 aliphatic rings. The second-order valence-corrected chi connectivity index (χ2v) is 7.10. The Balaban J connectivity index is 0.00000147. The molecule has 1 aromatic rings. The fourth-order valence-corrected chi connectivity index (χ4v) is 4.32. The zero-order valence-corrected chi connectivity index (χ0v) is 12.5. The van der Waals surface area contributed by atoms with E-state index in [1.807, 2.05) is 0 Å². The Morgan fingerprint density at radius 2 is 1.65 bits per heavy atom. The maximum atomic E-state index is 12.8. The van der Waals surface area contributed by atoms with Crippen molar-refractivity contribution in [2.45, 2.75) is 48.7 Å². The van der Waals surface area contributed by atoms with Crippen molar-refractivity contribution in [2.75, 3.05) is 0 Å². The average molecular weight is 321 g/mol. The first-order valence-corrected chi connectivity index (χ1v) is 8.05. The lowest BCUT2D eigenvalue weighted by Gasteiger charge is -2.29. The molecule has 1 aromatic carbocycles. The quantitative estimate of drug-likeness (QED) is 0.893. The largest absolute Gasteiger partial charge is 0.311 e. The highest BCUT2D eigenvalue weighted by atomic mass is 35.5. The van der Waals surface area contributed by atoms with Crippen LogP contribution in [0.2, 0.25) is 0 Å². The van der Waals surface area contributed by atoms with E-state index in [0.717, 1.165) is 25.7 Å². The van der Waals surface area contributed by atoms with Gasteiger partial charge in [0.15, 0.2) is 0 Å². The molecule has 0 aliphatic carbocycles. The van der Waals surface area contributed by atoms with Crippen LogP contribution in [0.1, 0.15) is 25.7 Å². The molecule has 2 heterocycles. The van der Waals surface area contributed by atoms with E-state index in [1.165, 1.54) is 24.3 Å². The minimum absolute atomic E-state index is 0. The highest BCUT2D eigenvalue weighted by Gasteiger charge is 2.35. The zero-order valence-electron chi connectivity index (χ0n) is 10.9. The summed E-state index contributed by atoms with van der Waals surface area (Å²) in [5.41, 5.74) is 0. The summed E-state index contributed by atoms with van der Waals surface area (Å²) in [5, 5.41) is 3.47. The molecule has 2 N–H and O–H groups in total. The van der Waals surface area contributed by atoms with Gasteiger partial charge in [-0.05, 0) is 49.9 Å². The highest BCUT2D eigenvalue weighted by molar-refractivity contribution is 7.89. The summed E-state index contributed by atoms with van der Waals surface area (Å²) >= 11 is 0. The van der Waals surface area contributed by atoms with Gasteiger partial charge in [0.1, 0.15) is 5.82 Å². The van der Waals surface area contributed by atoms with Gasteiger partial charge in [0.2, 0.25) is 10.0 Å². The van der Waals surface area contributed by atoms with Crippen molar-refractivity contribution in [3.63, 3.8) is 0 Å². The topological polar surface area (TPSA) is 58.2 Å². The van der Waals surface area contributed by atoms with Gasteiger partial charge in [-0.15, -0.1) is 12.4 Å². The van der Waals surface area contributed by atoms with E-state index in [4.69, 9.17) is 0 Å². The molecule has 20 heavy (non-hydrogen) atoms. The summed E-state index contributed by atoms with van der Waals surface area (Å²) in [6.07, 6.45) is 3.91. The van der Waals surface area contributed by atoms with Crippen molar-refractivity contribution in [3.8, 4) is 0 Å². The maximum absolute atomic E-state index is 12.8. The Morgan fingerprint density at radius 1 is 1.10 bits per heavy atom. The third kappa shape index (κ3) is 3.31. The van der Waals surface area contributed by atoms with Crippen LogP contribution in [0.4, 0.5) is 4.39 Å². The normalized spacial score (nSPS) is 28.9. The summed E-state index contributed by atoms with van der Waals surface area (Å²) < 4.78 is 39.9. The first-order valence-electron chi connectivity index (χ1n) is 6.57. The van der Waals surface area contributed by atoms with Crippen LogP contribution in [0.5, 0.6) is 0 Å². The van der Waals surface area contributed by atoms with Gasteiger partial charge in [0, 0.05) is 18.1 Å². The first kappa shape index (κ1) is 15.7. The highest BCUT2D eigenvalue weighted by Crippen LogP contribution is 2.27. The van der Waals surface area contributed by atoms with Gasteiger partial charge in [-0.2, -0.15) is 0 Å². The van der Waals surface area contributed by atoms with E-state index in [9.17, 15) is 12.8 Å². The fourth-order valence-electron chi connectivity index (χ4n) is 3.05. The van der Waals surface area contributed by atoms with E-state index in [1.54, 1.807) is 0 Å². The molecular weight excluding hydrogens is 303 g/mol. The predicted molar refractivity (Wildman–Crippen MR) is 76.9 cm³/mol. The predicted octanol–water partition coefficient (Wildman–Crippen LogP) is 1.81. The van der Waals surface area contributed by atoms with Gasteiger partial charge in [-0.3, -0.25) is 0 Å². The lowest BCUT2D eigenvalue weighted by molar-refractivity contribution is 0.345. The van der Waals surface area contributed by atoms with Crippen molar-refractivity contribution in [1.82, 2.24) is 10.0 Å². The van der Waals surface area contributed by atoms with Gasteiger partial charge < -0.3 is 5.32 Å². The molecule has 2 fully saturated rings. The molecule has 112 valence electrons. The maximum Gasteiger partial charge on any atom is 0.240 e. The standard InChI is InChI=1S/C13H17FN2O2S.ClH/c14-9-1-5-13(6-2-9)19(17,18)16-12-7-10-3-4-11(8-12)15-10;/h1-2,5-6,10-12,15-16H,3-4,7-8H2;1H. The first-order chi connectivity index (χ1) is 9.03. The van der Waals surface area contributed by atoms with Crippen LogP contribution in [0, 0.1) is 5.82 Å². The molecule has 0 saturated carbocycles. The summed E-state index contributed by atoms with van der Waals surface area (Å²) in [4.78, 5) is 0.125. The van der Waals surface area contributed by atoms with Crippen molar-refractivity contribution >= 4 is 22.4 Å². The number of rotatable bonds is 3. The summed E-state index contributed by atoms with van der Waals surface area (Å²) in [6.45, 7) is 0. The molecule has 0 amide bonds. The second-order valence-electron chi connectivity index (χ2n) is 5.38. The molecule has 7 heteroatoms. The van der Waals surface area contributed by atoms with E-state index >= 15 is 0 Å². The van der Waals surface area contributed by atoms with E-state index in [0.29, 0.717) is 12.1 Å². The number of halogens is 2. The SMILES string of the molecule is Cl.O=S(=O)(NC1CC2CCC(C1)N2)c1ccc(F)cc1. The molecule has 0 aromatic heterocycles. The van der Waals surface area contributed by atoms with Crippen LogP contribution in [0.3, 0.4) is 0 Å². The van der Waals surface area contributed by atoms with Crippen LogP contribution in [0.25, 0.3) is 0 Å². The Morgan fingerprint density at radius 3 is 2.20 bits per heavy atom. The van der Waals surface area contributed by atoms with Gasteiger partial charge in [-0.1, -0.05) is 0 Å². The summed E-state index contributed by atoms with van der Waals surface area (Å²) in [5.74, 6) is -0.432. The Kier molecular flexibility index (Phi) is 4.69. The third-order valence-corrected chi connectivity index (χ3v) is 5.46. The zero-order chi connectivity index (χ0) is 13.5. The van der Waals surface area contributed by atoms with Crippen molar-refractivity contribution in [3.05, 3.63) is 30.1 Å². The Bertz CT molecular complexity index is 552. The molecule has 2 saturated heterocycles. The molecule has 2 bridgehead atoms. The minimum Gasteiger partial charge on any atom is -0.311 e. The van der Waals surface area contributed by atoms with Crippen molar-refractivity contribution in [1.29, 1.82) is 0 Å². The van der Waals surface area contributed by atoms with Crippen molar-refractivity contribution in [2.24, 2.45) is 0 Å². The number of benzene rings is 1. The number of fused-ring (bicyclic) bond motifs is 2. The Labute approximate surface area is 124 Å². The minimum atomic E-state index is -3.54. The monoisotopic (exact) mass is 320 g/mol. The molecule has 3 rings (SSSR count). The van der Waals surface area contributed by atoms with Crippen LogP contribution < -0.4 is 10.0 Å². The van der Waals surface area contributed by atoms with E-state index in [2.05, 4.69) is 10.0 Å². The van der Waals surface area contributed by atoms with E-state index in [-0.39, 0.29) is 23.3 Å². The molecule has 2 unspecified atom stereocenters. The molecule has 0 radical (unpaired) electrons. The van der Waals surface area contributed by atoms with Crippen molar-refractivity contribution < 1.29 is 12.8 Å². The van der Waals surface area contributed by atoms with Gasteiger partial charge in [-0.25, -0.2) is 17.5 Å². The van der Waals surface area contributed by atoms with Crippen LogP contribution in [0.15, 0.2) is 29.2 Å². The van der Waals surface area contributed by atoms with Crippen LogP contribution in [-0.2, 0) is 10.0 Å². The summed E-state index contributed by atoms with van der Waals surface area (Å²) in [7, 11) is -3.54. The van der Waals surface area contributed by atoms with Gasteiger partial charge >= 0.3 is 0 Å². The molecular formula is C13H18ClFN2O2S. The lowest BCUT2D eigenvalue weighted by Crippen LogP contribution is -2.47. The lowest BCUT2D eigenvalue weighted by atomic mass is 10.0.